The Morgan fingerprint density at radius 2 is 1.75 bits per heavy atom. The first kappa shape index (κ1) is 19.7. The molecule has 0 amide bonds. The summed E-state index contributed by atoms with van der Waals surface area (Å²) in [6.07, 6.45) is 4.95. The lowest BCUT2D eigenvalue weighted by Crippen LogP contribution is -2.08. The molecule has 1 rings (SSSR count). The minimum atomic E-state index is -1.61. The van der Waals surface area contributed by atoms with Gasteiger partial charge in [0.25, 0.3) is 0 Å². The van der Waals surface area contributed by atoms with E-state index in [9.17, 15) is 20.0 Å². The van der Waals surface area contributed by atoms with E-state index >= 15 is 0 Å². The minimum Gasteiger partial charge on any atom is -0.499 e. The zero-order chi connectivity index (χ0) is 18.1. The van der Waals surface area contributed by atoms with Crippen LogP contribution in [0.4, 0.5) is 10.5 Å². The van der Waals surface area contributed by atoms with Gasteiger partial charge in [-0.05, 0) is 37.3 Å². The van der Waals surface area contributed by atoms with Gasteiger partial charge in [-0.3, -0.25) is 10.1 Å². The molecule has 0 saturated carbocycles. The molecule has 134 valence electrons. The normalized spacial score (nSPS) is 10.6. The van der Waals surface area contributed by atoms with E-state index in [0.29, 0.717) is 24.0 Å². The predicted molar refractivity (Wildman–Crippen MR) is 89.9 cm³/mol. The zero-order valence-electron chi connectivity index (χ0n) is 14.2. The van der Waals surface area contributed by atoms with Gasteiger partial charge in [-0.1, -0.05) is 39.5 Å². The van der Waals surface area contributed by atoms with Gasteiger partial charge in [-0.25, -0.2) is 4.79 Å². The minimum absolute atomic E-state index is 0.375. The van der Waals surface area contributed by atoms with Crippen LogP contribution >= 0.6 is 0 Å². The first-order valence-electron chi connectivity index (χ1n) is 8.35. The Balaban J connectivity index is 3.33. The number of unbranched alkanes of at least 4 members (excludes halogenated alkanes) is 4. The van der Waals surface area contributed by atoms with E-state index in [4.69, 9.17) is 5.11 Å². The quantitative estimate of drug-likeness (QED) is 0.208. The summed E-state index contributed by atoms with van der Waals surface area (Å²) in [5, 5.41) is 30.3. The smallest absolute Gasteiger partial charge is 0.499 e. The summed E-state index contributed by atoms with van der Waals surface area (Å²) in [5.41, 5.74) is 0.733. The van der Waals surface area contributed by atoms with Gasteiger partial charge >= 0.3 is 11.8 Å². The maximum absolute atomic E-state index is 11.4. The molecule has 0 fully saturated rings. The highest BCUT2D eigenvalue weighted by Crippen LogP contribution is 2.42. The number of nitrogens with zero attached hydrogens (tertiary/aromatic N) is 1. The number of aromatic hydroxyl groups is 1. The van der Waals surface area contributed by atoms with Crippen LogP contribution in [0.5, 0.6) is 11.5 Å². The van der Waals surface area contributed by atoms with Crippen LogP contribution in [-0.2, 0) is 12.8 Å². The van der Waals surface area contributed by atoms with E-state index in [0.717, 1.165) is 38.5 Å². The largest absolute Gasteiger partial charge is 0.511 e. The van der Waals surface area contributed by atoms with Crippen molar-refractivity contribution >= 4 is 11.8 Å². The SMILES string of the molecule is CCCCCc1cc(OC(=O)O)c(O)c([N+](=O)[O-])c1CCCCC. The van der Waals surface area contributed by atoms with Crippen LogP contribution in [0.2, 0.25) is 0 Å². The van der Waals surface area contributed by atoms with Crippen LogP contribution in [0.1, 0.15) is 63.5 Å². The van der Waals surface area contributed by atoms with Crippen LogP contribution in [0, 0.1) is 10.1 Å². The first-order chi connectivity index (χ1) is 11.4. The molecule has 0 aliphatic heterocycles. The van der Waals surface area contributed by atoms with Crippen molar-refractivity contribution < 1.29 is 24.7 Å². The Hall–Kier alpha value is -2.31. The number of carbonyl (C=O) groups is 1. The maximum atomic E-state index is 11.4. The van der Waals surface area contributed by atoms with E-state index < -0.39 is 22.5 Å². The average Bonchev–Trinajstić information content (AvgIpc) is 2.50. The predicted octanol–water partition coefficient (Wildman–Crippen LogP) is 4.82. The van der Waals surface area contributed by atoms with Crippen molar-refractivity contribution in [2.45, 2.75) is 65.2 Å². The third-order valence-corrected chi connectivity index (χ3v) is 3.90. The molecule has 7 nitrogen and oxygen atoms in total. The van der Waals surface area contributed by atoms with Gasteiger partial charge in [-0.2, -0.15) is 0 Å². The molecule has 24 heavy (non-hydrogen) atoms. The molecule has 2 N–H and O–H groups in total. The van der Waals surface area contributed by atoms with Crippen molar-refractivity contribution in [2.75, 3.05) is 0 Å². The summed E-state index contributed by atoms with van der Waals surface area (Å²) in [6, 6.07) is 1.42. The number of nitro benzene ring substituents is 1. The monoisotopic (exact) mass is 339 g/mol. The molecule has 0 atom stereocenters. The molecule has 0 aliphatic carbocycles. The van der Waals surface area contributed by atoms with Crippen LogP contribution in [-0.4, -0.2) is 21.3 Å². The lowest BCUT2D eigenvalue weighted by atomic mass is 9.94. The van der Waals surface area contributed by atoms with E-state index in [1.54, 1.807) is 0 Å². The molecule has 0 unspecified atom stereocenters. The Kier molecular flexibility index (Phi) is 8.01. The Bertz CT molecular complexity index is 585. The Morgan fingerprint density at radius 1 is 1.17 bits per heavy atom. The lowest BCUT2D eigenvalue weighted by molar-refractivity contribution is -0.386. The van der Waals surface area contributed by atoms with Crippen LogP contribution in [0.25, 0.3) is 0 Å². The molecule has 0 radical (unpaired) electrons. The topological polar surface area (TPSA) is 110 Å². The summed E-state index contributed by atoms with van der Waals surface area (Å²) in [7, 11) is 0. The fraction of sp³-hybridized carbons (Fsp3) is 0.588. The van der Waals surface area contributed by atoms with Gasteiger partial charge in [0.1, 0.15) is 0 Å². The first-order valence-corrected chi connectivity index (χ1v) is 8.35. The number of phenolic OH excluding ortho intramolecular Hbond substituents is 1. The molecule has 1 aromatic carbocycles. The van der Waals surface area contributed by atoms with Gasteiger partial charge < -0.3 is 14.9 Å². The number of carboxylic acid groups (broad SMARTS) is 1. The molecule has 0 heterocycles. The average molecular weight is 339 g/mol. The Morgan fingerprint density at radius 3 is 2.25 bits per heavy atom. The van der Waals surface area contributed by atoms with Crippen LogP contribution in [0.3, 0.4) is 0 Å². The molecule has 1 aromatic rings. The molecule has 7 heteroatoms. The number of ether oxygens (including phenoxy) is 1. The fourth-order valence-electron chi connectivity index (χ4n) is 2.71. The van der Waals surface area contributed by atoms with Crippen molar-refractivity contribution in [3.05, 3.63) is 27.3 Å². The number of benzene rings is 1. The summed E-state index contributed by atoms with van der Waals surface area (Å²) in [6.45, 7) is 4.10. The molecular weight excluding hydrogens is 314 g/mol. The number of hydrogen-bond acceptors (Lipinski definition) is 5. The molecular formula is C17H25NO6. The van der Waals surface area contributed by atoms with Crippen molar-refractivity contribution in [3.63, 3.8) is 0 Å². The maximum Gasteiger partial charge on any atom is 0.511 e. The highest BCUT2D eigenvalue weighted by atomic mass is 16.7. The molecule has 0 aromatic heterocycles. The van der Waals surface area contributed by atoms with Gasteiger partial charge in [-0.15, -0.1) is 0 Å². The van der Waals surface area contributed by atoms with E-state index in [1.165, 1.54) is 6.07 Å². The molecule has 0 bridgehead atoms. The summed E-state index contributed by atoms with van der Waals surface area (Å²) in [5.74, 6) is -1.09. The third kappa shape index (κ3) is 5.40. The Labute approximate surface area is 141 Å². The second kappa shape index (κ2) is 9.75. The second-order valence-corrected chi connectivity index (χ2v) is 5.75. The standard InChI is InChI=1S/C17H25NO6/c1-3-5-7-9-12-11-14(24-17(20)21)16(19)15(18(22)23)13(12)10-8-6-4-2/h11,19H,3-10H2,1-2H3,(H,20,21). The number of nitro groups is 1. The van der Waals surface area contributed by atoms with E-state index in [2.05, 4.69) is 11.7 Å². The van der Waals surface area contributed by atoms with Crippen molar-refractivity contribution in [2.24, 2.45) is 0 Å². The van der Waals surface area contributed by atoms with Gasteiger partial charge in [0.05, 0.1) is 4.92 Å². The van der Waals surface area contributed by atoms with Crippen molar-refractivity contribution in [3.8, 4) is 11.5 Å². The molecule has 0 saturated heterocycles. The molecule has 0 aliphatic rings. The van der Waals surface area contributed by atoms with E-state index in [-0.39, 0.29) is 5.75 Å². The zero-order valence-corrected chi connectivity index (χ0v) is 14.2. The van der Waals surface area contributed by atoms with Crippen LogP contribution in [0.15, 0.2) is 6.07 Å². The van der Waals surface area contributed by atoms with Crippen LogP contribution < -0.4 is 4.74 Å². The lowest BCUT2D eigenvalue weighted by Gasteiger charge is -2.14. The van der Waals surface area contributed by atoms with Crippen molar-refractivity contribution in [1.82, 2.24) is 0 Å². The summed E-state index contributed by atoms with van der Waals surface area (Å²) in [4.78, 5) is 21.5. The number of phenols is 1. The summed E-state index contributed by atoms with van der Waals surface area (Å²) < 4.78 is 4.53. The van der Waals surface area contributed by atoms with E-state index in [1.807, 2.05) is 6.92 Å². The van der Waals surface area contributed by atoms with Crippen molar-refractivity contribution in [1.29, 1.82) is 0 Å². The number of aryl methyl sites for hydroxylation is 1. The molecule has 0 spiro atoms. The second-order valence-electron chi connectivity index (χ2n) is 5.75. The highest BCUT2D eigenvalue weighted by molar-refractivity contribution is 5.69. The summed E-state index contributed by atoms with van der Waals surface area (Å²) >= 11 is 0. The fourth-order valence-corrected chi connectivity index (χ4v) is 2.71. The number of rotatable bonds is 10. The van der Waals surface area contributed by atoms with Gasteiger partial charge in [0.15, 0.2) is 5.75 Å². The van der Waals surface area contributed by atoms with Gasteiger partial charge in [0, 0.05) is 5.56 Å². The van der Waals surface area contributed by atoms with Gasteiger partial charge in [0.2, 0.25) is 5.75 Å². The third-order valence-electron chi connectivity index (χ3n) is 3.90. The number of hydrogen-bond donors (Lipinski definition) is 2. The highest BCUT2D eigenvalue weighted by Gasteiger charge is 2.28.